The van der Waals surface area contributed by atoms with E-state index in [1.807, 2.05) is 39.2 Å². The van der Waals surface area contributed by atoms with Crippen molar-refractivity contribution in [3.8, 4) is 0 Å². The summed E-state index contributed by atoms with van der Waals surface area (Å²) in [7, 11) is 4.01. The Balaban J connectivity index is 2.10. The van der Waals surface area contributed by atoms with Crippen LogP contribution in [0.25, 0.3) is 0 Å². The molecule has 0 aliphatic carbocycles. The maximum Gasteiger partial charge on any atom is 0.274 e. The van der Waals surface area contributed by atoms with Gasteiger partial charge >= 0.3 is 0 Å². The lowest BCUT2D eigenvalue weighted by atomic mass is 10.2. The summed E-state index contributed by atoms with van der Waals surface area (Å²) in [6.07, 6.45) is 0. The van der Waals surface area contributed by atoms with Crippen molar-refractivity contribution in [2.24, 2.45) is 0 Å². The number of likely N-dealkylation sites (N-methyl/N-ethyl adjacent to an activating group) is 1. The molecule has 1 aromatic heterocycles. The van der Waals surface area contributed by atoms with E-state index >= 15 is 0 Å². The van der Waals surface area contributed by atoms with Crippen molar-refractivity contribution in [1.29, 1.82) is 0 Å². The molecule has 2 N–H and O–H groups in total. The standard InChI is InChI=1S/C17H22BrN5O/c1-11-9-13(5-6-14(11)18)22-17(24)15-10-16(21-12(2)20-15)19-7-8-23(3)4/h5-6,9-10H,7-8H2,1-4H3,(H,22,24)(H,19,20,21). The van der Waals surface area contributed by atoms with Crippen molar-refractivity contribution >= 4 is 33.3 Å². The van der Waals surface area contributed by atoms with Gasteiger partial charge in [0.2, 0.25) is 0 Å². The van der Waals surface area contributed by atoms with E-state index in [2.05, 4.69) is 41.4 Å². The Hall–Kier alpha value is -1.99. The molecule has 0 radical (unpaired) electrons. The number of rotatable bonds is 6. The molecule has 0 saturated heterocycles. The van der Waals surface area contributed by atoms with E-state index in [0.29, 0.717) is 17.3 Å². The molecule has 0 aliphatic rings. The lowest BCUT2D eigenvalue weighted by molar-refractivity contribution is 0.102. The number of hydrogen-bond acceptors (Lipinski definition) is 5. The van der Waals surface area contributed by atoms with Crippen molar-refractivity contribution < 1.29 is 4.79 Å². The van der Waals surface area contributed by atoms with Gasteiger partial charge in [-0.05, 0) is 51.7 Å². The topological polar surface area (TPSA) is 70.2 Å². The van der Waals surface area contributed by atoms with Crippen molar-refractivity contribution in [2.45, 2.75) is 13.8 Å². The predicted molar refractivity (Wildman–Crippen MR) is 101 cm³/mol. The van der Waals surface area contributed by atoms with Crippen molar-refractivity contribution in [1.82, 2.24) is 14.9 Å². The second-order valence-electron chi connectivity index (χ2n) is 5.83. The lowest BCUT2D eigenvalue weighted by Crippen LogP contribution is -2.22. The third-order valence-electron chi connectivity index (χ3n) is 3.35. The highest BCUT2D eigenvalue weighted by molar-refractivity contribution is 9.10. The van der Waals surface area contributed by atoms with Crippen LogP contribution in [0.3, 0.4) is 0 Å². The summed E-state index contributed by atoms with van der Waals surface area (Å²) in [6, 6.07) is 7.33. The predicted octanol–water partition coefficient (Wildman–Crippen LogP) is 3.08. The van der Waals surface area contributed by atoms with Crippen LogP contribution in [0, 0.1) is 13.8 Å². The summed E-state index contributed by atoms with van der Waals surface area (Å²) in [5.41, 5.74) is 2.13. The Morgan fingerprint density at radius 2 is 1.96 bits per heavy atom. The van der Waals surface area contributed by atoms with E-state index in [1.54, 1.807) is 13.0 Å². The first-order valence-corrected chi connectivity index (χ1v) is 8.46. The first-order valence-electron chi connectivity index (χ1n) is 7.67. The maximum atomic E-state index is 12.4. The van der Waals surface area contributed by atoms with Crippen LogP contribution in [0.5, 0.6) is 0 Å². The van der Waals surface area contributed by atoms with Crippen LogP contribution in [0.1, 0.15) is 21.9 Å². The molecule has 2 rings (SSSR count). The molecular formula is C17H22BrN5O. The van der Waals surface area contributed by atoms with Gasteiger partial charge in [0, 0.05) is 29.3 Å². The van der Waals surface area contributed by atoms with Crippen LogP contribution in [0.2, 0.25) is 0 Å². The molecular weight excluding hydrogens is 370 g/mol. The molecule has 0 fully saturated rings. The van der Waals surface area contributed by atoms with Gasteiger partial charge < -0.3 is 15.5 Å². The molecule has 0 unspecified atom stereocenters. The SMILES string of the molecule is Cc1nc(NCCN(C)C)cc(C(=O)Nc2ccc(Br)c(C)c2)n1. The van der Waals surface area contributed by atoms with Crippen LogP contribution < -0.4 is 10.6 Å². The van der Waals surface area contributed by atoms with E-state index < -0.39 is 0 Å². The summed E-state index contributed by atoms with van der Waals surface area (Å²) in [6.45, 7) is 5.37. The number of aryl methyl sites for hydroxylation is 2. The van der Waals surface area contributed by atoms with Crippen LogP contribution in [0.15, 0.2) is 28.7 Å². The highest BCUT2D eigenvalue weighted by Crippen LogP contribution is 2.20. The normalized spacial score (nSPS) is 10.8. The van der Waals surface area contributed by atoms with Crippen molar-refractivity contribution in [3.63, 3.8) is 0 Å². The number of benzene rings is 1. The van der Waals surface area contributed by atoms with Crippen LogP contribution in [0.4, 0.5) is 11.5 Å². The fourth-order valence-corrected chi connectivity index (χ4v) is 2.35. The summed E-state index contributed by atoms with van der Waals surface area (Å²) in [5.74, 6) is 0.960. The number of carbonyl (C=O) groups excluding carboxylic acids is 1. The lowest BCUT2D eigenvalue weighted by Gasteiger charge is -2.12. The molecule has 1 heterocycles. The smallest absolute Gasteiger partial charge is 0.274 e. The van der Waals surface area contributed by atoms with Gasteiger partial charge in [0.25, 0.3) is 5.91 Å². The minimum atomic E-state index is -0.252. The third kappa shape index (κ3) is 5.28. The van der Waals surface area contributed by atoms with Gasteiger partial charge in [-0.3, -0.25) is 4.79 Å². The molecule has 7 heteroatoms. The van der Waals surface area contributed by atoms with Crippen LogP contribution >= 0.6 is 15.9 Å². The number of nitrogens with zero attached hydrogens (tertiary/aromatic N) is 3. The zero-order valence-corrected chi connectivity index (χ0v) is 15.9. The number of carbonyl (C=O) groups is 1. The minimum Gasteiger partial charge on any atom is -0.369 e. The average molecular weight is 392 g/mol. The van der Waals surface area contributed by atoms with Gasteiger partial charge in [-0.2, -0.15) is 0 Å². The number of hydrogen-bond donors (Lipinski definition) is 2. The first-order chi connectivity index (χ1) is 11.3. The first kappa shape index (κ1) is 18.4. The van der Waals surface area contributed by atoms with Crippen LogP contribution in [-0.4, -0.2) is 48.0 Å². The van der Waals surface area contributed by atoms with Crippen molar-refractivity contribution in [3.05, 3.63) is 45.8 Å². The molecule has 0 bridgehead atoms. The largest absolute Gasteiger partial charge is 0.369 e. The highest BCUT2D eigenvalue weighted by atomic mass is 79.9. The second kappa shape index (κ2) is 8.21. The molecule has 1 amide bonds. The summed E-state index contributed by atoms with van der Waals surface area (Å²) < 4.78 is 1.01. The number of anilines is 2. The van der Waals surface area contributed by atoms with Gasteiger partial charge in [-0.25, -0.2) is 9.97 Å². The van der Waals surface area contributed by atoms with Gasteiger partial charge in [0.05, 0.1) is 0 Å². The van der Waals surface area contributed by atoms with Crippen LogP contribution in [-0.2, 0) is 0 Å². The second-order valence-corrected chi connectivity index (χ2v) is 6.69. The molecule has 2 aromatic rings. The quantitative estimate of drug-likeness (QED) is 0.791. The highest BCUT2D eigenvalue weighted by Gasteiger charge is 2.11. The zero-order chi connectivity index (χ0) is 17.7. The fraction of sp³-hybridized carbons (Fsp3) is 0.353. The molecule has 6 nitrogen and oxygen atoms in total. The van der Waals surface area contributed by atoms with Gasteiger partial charge in [-0.15, -0.1) is 0 Å². The molecule has 1 aromatic carbocycles. The Kier molecular flexibility index (Phi) is 6.28. The zero-order valence-electron chi connectivity index (χ0n) is 14.4. The molecule has 0 atom stereocenters. The van der Waals surface area contributed by atoms with Gasteiger partial charge in [0.1, 0.15) is 17.3 Å². The summed E-state index contributed by atoms with van der Waals surface area (Å²) in [5, 5.41) is 6.08. The van der Waals surface area contributed by atoms with E-state index in [1.165, 1.54) is 0 Å². The van der Waals surface area contributed by atoms with E-state index in [-0.39, 0.29) is 5.91 Å². The Bertz CT molecular complexity index is 733. The van der Waals surface area contributed by atoms with Gasteiger partial charge in [-0.1, -0.05) is 15.9 Å². The van der Waals surface area contributed by atoms with E-state index in [0.717, 1.165) is 28.8 Å². The number of nitrogens with one attached hydrogen (secondary N) is 2. The Labute approximate surface area is 150 Å². The summed E-state index contributed by atoms with van der Waals surface area (Å²) in [4.78, 5) is 23.1. The summed E-state index contributed by atoms with van der Waals surface area (Å²) >= 11 is 3.45. The molecule has 24 heavy (non-hydrogen) atoms. The number of halogens is 1. The number of aromatic nitrogens is 2. The molecule has 0 aliphatic heterocycles. The van der Waals surface area contributed by atoms with Crippen molar-refractivity contribution in [2.75, 3.05) is 37.8 Å². The monoisotopic (exact) mass is 391 g/mol. The third-order valence-corrected chi connectivity index (χ3v) is 4.24. The van der Waals surface area contributed by atoms with E-state index in [9.17, 15) is 4.79 Å². The van der Waals surface area contributed by atoms with Gasteiger partial charge in [0.15, 0.2) is 0 Å². The Morgan fingerprint density at radius 1 is 1.21 bits per heavy atom. The molecule has 128 valence electrons. The average Bonchev–Trinajstić information content (AvgIpc) is 2.50. The van der Waals surface area contributed by atoms with E-state index in [4.69, 9.17) is 0 Å². The Morgan fingerprint density at radius 3 is 2.62 bits per heavy atom. The minimum absolute atomic E-state index is 0.252. The molecule has 0 saturated carbocycles. The number of amides is 1. The molecule has 0 spiro atoms. The maximum absolute atomic E-state index is 12.4. The fourth-order valence-electron chi connectivity index (χ4n) is 2.10.